The van der Waals surface area contributed by atoms with Gasteiger partial charge in [0.15, 0.2) is 12.6 Å². The number of imide groups is 1. The molecule has 0 unspecified atom stereocenters. The molecular weight excluding hydrogens is 584 g/mol. The smallest absolute Gasteiger partial charge is 0.333 e. The molecule has 3 aliphatic rings. The van der Waals surface area contributed by atoms with Crippen molar-refractivity contribution in [3.05, 3.63) is 0 Å². The van der Waals surface area contributed by atoms with Gasteiger partial charge in [-0.25, -0.2) is 4.79 Å². The van der Waals surface area contributed by atoms with Crippen molar-refractivity contribution in [3.63, 3.8) is 0 Å². The van der Waals surface area contributed by atoms with Gasteiger partial charge in [0.05, 0.1) is 38.1 Å². The molecule has 3 saturated heterocycles. The highest BCUT2D eigenvalue weighted by Crippen LogP contribution is 2.22. The van der Waals surface area contributed by atoms with Crippen LogP contribution in [0.1, 0.15) is 84.0 Å². The van der Waals surface area contributed by atoms with Gasteiger partial charge in [-0.1, -0.05) is 12.8 Å². The Labute approximate surface area is 257 Å². The molecule has 3 aliphatic heterocycles. The molecule has 7 atom stereocenters. The molecule has 0 spiro atoms. The number of hydroxylamine groups is 2. The van der Waals surface area contributed by atoms with E-state index >= 15 is 0 Å². The molecule has 0 aromatic carbocycles. The quantitative estimate of drug-likeness (QED) is 0.115. The van der Waals surface area contributed by atoms with Crippen molar-refractivity contribution in [2.45, 2.75) is 127 Å². The van der Waals surface area contributed by atoms with Crippen LogP contribution in [-0.4, -0.2) is 130 Å². The second-order valence-corrected chi connectivity index (χ2v) is 11.5. The highest BCUT2D eigenvalue weighted by atomic mass is 16.7. The predicted molar refractivity (Wildman–Crippen MR) is 150 cm³/mol. The second kappa shape index (κ2) is 18.7. The number of hydrogen-bond acceptors (Lipinski definition) is 13. The molecule has 44 heavy (non-hydrogen) atoms. The third kappa shape index (κ3) is 11.6. The molecule has 0 saturated carbocycles. The van der Waals surface area contributed by atoms with E-state index < -0.39 is 54.8 Å². The van der Waals surface area contributed by atoms with Crippen LogP contribution in [0.15, 0.2) is 0 Å². The molecule has 252 valence electrons. The summed E-state index contributed by atoms with van der Waals surface area (Å²) in [5, 5.41) is 40.2. The van der Waals surface area contributed by atoms with Gasteiger partial charge in [-0.2, -0.15) is 0 Å². The zero-order chi connectivity index (χ0) is 32.1. The van der Waals surface area contributed by atoms with E-state index in [1.807, 2.05) is 6.92 Å². The number of nitrogens with zero attached hydrogens (tertiary/aromatic N) is 2. The number of aliphatic hydroxyl groups excluding tert-OH is 4. The lowest BCUT2D eigenvalue weighted by Gasteiger charge is -2.36. The Bertz CT molecular complexity index is 921. The Balaban J connectivity index is 1.39. The van der Waals surface area contributed by atoms with Crippen LogP contribution in [0.25, 0.3) is 0 Å². The molecule has 0 aromatic rings. The Morgan fingerprint density at radius 3 is 2.25 bits per heavy atom. The van der Waals surface area contributed by atoms with E-state index in [9.17, 15) is 39.6 Å². The lowest BCUT2D eigenvalue weighted by Crippen LogP contribution is -2.50. The number of aliphatic hydroxyl groups is 4. The summed E-state index contributed by atoms with van der Waals surface area (Å²) in [6, 6.07) is 0. The lowest BCUT2D eigenvalue weighted by atomic mass is 10.0. The molecule has 0 aromatic heterocycles. The molecule has 0 radical (unpaired) electrons. The summed E-state index contributed by atoms with van der Waals surface area (Å²) in [6.07, 6.45) is -0.994. The van der Waals surface area contributed by atoms with Gasteiger partial charge in [0.1, 0.15) is 12.2 Å². The number of unbranched alkanes of at least 4 members (excludes halogenated alkanes) is 3. The highest BCUT2D eigenvalue weighted by Gasteiger charge is 2.37. The van der Waals surface area contributed by atoms with Crippen molar-refractivity contribution in [1.29, 1.82) is 0 Å². The first-order valence-electron chi connectivity index (χ1n) is 15.6. The summed E-state index contributed by atoms with van der Waals surface area (Å²) >= 11 is 0. The van der Waals surface area contributed by atoms with Gasteiger partial charge in [-0.3, -0.25) is 14.4 Å². The lowest BCUT2D eigenvalue weighted by molar-refractivity contribution is -0.271. The molecule has 0 bridgehead atoms. The van der Waals surface area contributed by atoms with Gasteiger partial charge in [-0.15, -0.1) is 5.06 Å². The van der Waals surface area contributed by atoms with Gasteiger partial charge >= 0.3 is 5.97 Å². The maximum absolute atomic E-state index is 13.1. The Kier molecular flexibility index (Phi) is 15.4. The van der Waals surface area contributed by atoms with E-state index in [1.165, 1.54) is 0 Å². The number of ether oxygens (including phenoxy) is 4. The monoisotopic (exact) mass is 632 g/mol. The normalized spacial score (nSPS) is 29.2. The van der Waals surface area contributed by atoms with E-state index in [1.54, 1.807) is 4.90 Å². The summed E-state index contributed by atoms with van der Waals surface area (Å²) in [5.41, 5.74) is 0. The number of carbonyl (C=O) groups is 4. The fourth-order valence-electron chi connectivity index (χ4n) is 5.21. The van der Waals surface area contributed by atoms with E-state index in [0.29, 0.717) is 50.1 Å². The van der Waals surface area contributed by atoms with Crippen LogP contribution < -0.4 is 0 Å². The van der Waals surface area contributed by atoms with E-state index in [4.69, 9.17) is 23.8 Å². The average Bonchev–Trinajstić information content (AvgIpc) is 3.31. The number of carbonyl (C=O) groups excluding carboxylic acids is 4. The van der Waals surface area contributed by atoms with Crippen LogP contribution in [0.5, 0.6) is 0 Å². The average molecular weight is 633 g/mol. The van der Waals surface area contributed by atoms with E-state index in [-0.39, 0.29) is 70.5 Å². The first-order chi connectivity index (χ1) is 21.1. The van der Waals surface area contributed by atoms with Gasteiger partial charge < -0.3 is 49.1 Å². The highest BCUT2D eigenvalue weighted by molar-refractivity contribution is 6.01. The van der Waals surface area contributed by atoms with Gasteiger partial charge in [0.25, 0.3) is 11.8 Å². The molecule has 3 heterocycles. The molecule has 15 heteroatoms. The predicted octanol–water partition coefficient (Wildman–Crippen LogP) is -0.0989. The van der Waals surface area contributed by atoms with Crippen LogP contribution in [0.4, 0.5) is 0 Å². The Hall–Kier alpha value is -2.24. The van der Waals surface area contributed by atoms with Crippen LogP contribution >= 0.6 is 0 Å². The van der Waals surface area contributed by atoms with Gasteiger partial charge in [-0.05, 0) is 39.0 Å². The van der Waals surface area contributed by atoms with Gasteiger partial charge in [0.2, 0.25) is 5.91 Å². The topological polar surface area (TPSA) is 202 Å². The molecule has 4 N–H and O–H groups in total. The number of rotatable bonds is 18. The minimum absolute atomic E-state index is 0.0355. The maximum Gasteiger partial charge on any atom is 0.333 e. The Morgan fingerprint density at radius 1 is 0.864 bits per heavy atom. The number of amides is 3. The first kappa shape index (κ1) is 36.2. The third-order valence-electron chi connectivity index (χ3n) is 7.83. The summed E-state index contributed by atoms with van der Waals surface area (Å²) in [4.78, 5) is 54.6. The zero-order valence-electron chi connectivity index (χ0n) is 25.4. The van der Waals surface area contributed by atoms with Crippen LogP contribution in [0.3, 0.4) is 0 Å². The second-order valence-electron chi connectivity index (χ2n) is 11.5. The van der Waals surface area contributed by atoms with Crippen molar-refractivity contribution in [2.75, 3.05) is 32.9 Å². The van der Waals surface area contributed by atoms with Gasteiger partial charge in [0, 0.05) is 45.2 Å². The fraction of sp³-hybridized carbons (Fsp3) is 0.862. The minimum Gasteiger partial charge on any atom is -0.394 e. The molecule has 0 aliphatic carbocycles. The van der Waals surface area contributed by atoms with Crippen molar-refractivity contribution in [1.82, 2.24) is 9.96 Å². The van der Waals surface area contributed by atoms with Crippen LogP contribution in [-0.2, 0) is 43.0 Å². The Morgan fingerprint density at radius 2 is 1.55 bits per heavy atom. The largest absolute Gasteiger partial charge is 0.394 e. The summed E-state index contributed by atoms with van der Waals surface area (Å²) in [5.74, 6) is -1.79. The van der Waals surface area contributed by atoms with Crippen molar-refractivity contribution < 1.29 is 63.4 Å². The van der Waals surface area contributed by atoms with Crippen molar-refractivity contribution in [3.8, 4) is 0 Å². The molecule has 3 fully saturated rings. The SMILES string of the molecule is C[C@H]1CC[C@H](O)[C@H](OCCN(CCCO[C@@H]2O[C@H](CO)C[C@H](O)[C@@H]2O)C(=O)CCCCCCC(=O)ON2C(=O)CCC2=O)O1. The van der Waals surface area contributed by atoms with Crippen LogP contribution in [0, 0.1) is 0 Å². The molecule has 3 amide bonds. The van der Waals surface area contributed by atoms with Crippen molar-refractivity contribution in [2.24, 2.45) is 0 Å². The van der Waals surface area contributed by atoms with E-state index in [0.717, 1.165) is 6.42 Å². The van der Waals surface area contributed by atoms with E-state index in [2.05, 4.69) is 0 Å². The summed E-state index contributed by atoms with van der Waals surface area (Å²) < 4.78 is 22.5. The summed E-state index contributed by atoms with van der Waals surface area (Å²) in [6.45, 7) is 2.46. The standard InChI is InChI=1S/C29H48N2O13/c1-19-9-10-21(33)28(42-19)41-16-14-30(13-6-15-40-29-27(39)22(34)17-20(18-32)43-29)23(35)7-4-2-3-5-8-26(38)44-31-24(36)11-12-25(31)37/h19-22,27-29,32-34,39H,2-18H2,1H3/t19-,20-,21-,22-,27-,28+,29+/m0/s1. The minimum atomic E-state index is -1.25. The zero-order valence-corrected chi connectivity index (χ0v) is 25.4. The number of hydrogen-bond donors (Lipinski definition) is 4. The molecular formula is C29H48N2O13. The van der Waals surface area contributed by atoms with Crippen molar-refractivity contribution >= 4 is 23.7 Å². The third-order valence-corrected chi connectivity index (χ3v) is 7.83. The maximum atomic E-state index is 13.1. The molecule has 15 nitrogen and oxygen atoms in total. The summed E-state index contributed by atoms with van der Waals surface area (Å²) in [7, 11) is 0. The van der Waals surface area contributed by atoms with Crippen LogP contribution in [0.2, 0.25) is 0 Å². The first-order valence-corrected chi connectivity index (χ1v) is 15.6. The molecule has 3 rings (SSSR count). The fourth-order valence-corrected chi connectivity index (χ4v) is 5.21.